The number of piperidine rings is 1. The van der Waals surface area contributed by atoms with Gasteiger partial charge >= 0.3 is 0 Å². The largest absolute Gasteiger partial charge is 0.484 e. The number of likely N-dealkylation sites (tertiary alicyclic amines) is 1. The quantitative estimate of drug-likeness (QED) is 0.669. The van der Waals surface area contributed by atoms with Crippen molar-refractivity contribution in [3.8, 4) is 17.7 Å². The molecule has 0 saturated carbocycles. The number of amides is 1. The smallest absolute Gasteiger partial charge is 0.260 e. The Morgan fingerprint density at radius 1 is 1.17 bits per heavy atom. The Bertz CT molecular complexity index is 1060. The Balaban J connectivity index is 1.33. The molecule has 2 aromatic carbocycles. The fourth-order valence-electron chi connectivity index (χ4n) is 3.47. The topological polar surface area (TPSA) is 75.5 Å². The number of nitrogens with zero attached hydrogens (tertiary/aromatic N) is 3. The molecule has 0 aliphatic carbocycles. The monoisotopic (exact) mass is 387 g/mol. The Labute approximate surface area is 169 Å². The summed E-state index contributed by atoms with van der Waals surface area (Å²) >= 11 is 0. The molecule has 146 valence electrons. The highest BCUT2D eigenvalue weighted by atomic mass is 16.5. The molecule has 1 saturated heterocycles. The van der Waals surface area contributed by atoms with Gasteiger partial charge in [-0.25, -0.2) is 4.98 Å². The van der Waals surface area contributed by atoms with Crippen LogP contribution < -0.4 is 9.47 Å². The molecule has 0 spiro atoms. The first kappa shape index (κ1) is 18.8. The summed E-state index contributed by atoms with van der Waals surface area (Å²) in [5, 5.41) is 11.2. The lowest BCUT2D eigenvalue weighted by molar-refractivity contribution is -0.136. The summed E-state index contributed by atoms with van der Waals surface area (Å²) in [6, 6.07) is 19.2. The highest BCUT2D eigenvalue weighted by Crippen LogP contribution is 2.21. The summed E-state index contributed by atoms with van der Waals surface area (Å²) in [7, 11) is 0. The zero-order chi connectivity index (χ0) is 20.1. The molecule has 1 fully saturated rings. The van der Waals surface area contributed by atoms with Gasteiger partial charge in [-0.15, -0.1) is 0 Å². The van der Waals surface area contributed by atoms with Crippen LogP contribution in [0.25, 0.3) is 10.8 Å². The number of fused-ring (bicyclic) bond motifs is 1. The third-order valence-corrected chi connectivity index (χ3v) is 4.97. The van der Waals surface area contributed by atoms with Gasteiger partial charge in [-0.1, -0.05) is 30.3 Å². The summed E-state index contributed by atoms with van der Waals surface area (Å²) in [5.41, 5.74) is 0.502. The van der Waals surface area contributed by atoms with Crippen molar-refractivity contribution in [2.24, 2.45) is 0 Å². The molecule has 0 bridgehead atoms. The van der Waals surface area contributed by atoms with Crippen molar-refractivity contribution in [1.29, 1.82) is 5.26 Å². The first-order valence-electron chi connectivity index (χ1n) is 9.63. The number of carbonyl (C=O) groups is 1. The van der Waals surface area contributed by atoms with Crippen LogP contribution in [0.1, 0.15) is 18.4 Å². The molecule has 3 aromatic rings. The third kappa shape index (κ3) is 4.64. The van der Waals surface area contributed by atoms with E-state index >= 15 is 0 Å². The van der Waals surface area contributed by atoms with E-state index in [-0.39, 0.29) is 18.6 Å². The zero-order valence-electron chi connectivity index (χ0n) is 16.0. The van der Waals surface area contributed by atoms with Crippen molar-refractivity contribution >= 4 is 16.7 Å². The predicted molar refractivity (Wildman–Crippen MR) is 109 cm³/mol. The van der Waals surface area contributed by atoms with Crippen LogP contribution in [0.3, 0.4) is 0 Å². The van der Waals surface area contributed by atoms with E-state index in [0.29, 0.717) is 30.3 Å². The van der Waals surface area contributed by atoms with Crippen molar-refractivity contribution < 1.29 is 14.3 Å². The van der Waals surface area contributed by atoms with Crippen LogP contribution >= 0.6 is 0 Å². The van der Waals surface area contributed by atoms with E-state index in [1.165, 1.54) is 0 Å². The molecule has 29 heavy (non-hydrogen) atoms. The van der Waals surface area contributed by atoms with E-state index in [4.69, 9.17) is 14.7 Å². The predicted octanol–water partition coefficient (Wildman–Crippen LogP) is 3.56. The minimum atomic E-state index is -0.144. The number of benzene rings is 2. The van der Waals surface area contributed by atoms with E-state index in [2.05, 4.69) is 11.1 Å². The lowest BCUT2D eigenvalue weighted by Gasteiger charge is -2.32. The summed E-state index contributed by atoms with van der Waals surface area (Å²) in [5.74, 6) is 1.03. The number of pyridine rings is 1. The highest BCUT2D eigenvalue weighted by Gasteiger charge is 2.25. The van der Waals surface area contributed by atoms with Gasteiger partial charge in [-0.2, -0.15) is 5.26 Å². The lowest BCUT2D eigenvalue weighted by Crippen LogP contribution is -2.46. The third-order valence-electron chi connectivity index (χ3n) is 4.97. The second-order valence-corrected chi connectivity index (χ2v) is 7.01. The van der Waals surface area contributed by atoms with E-state index in [0.717, 1.165) is 23.6 Å². The minimum absolute atomic E-state index is 0.00672. The fourth-order valence-corrected chi connectivity index (χ4v) is 3.47. The van der Waals surface area contributed by atoms with Gasteiger partial charge in [-0.05, 0) is 41.8 Å². The number of carbonyl (C=O) groups excluding carboxylic acids is 1. The maximum atomic E-state index is 12.6. The fraction of sp³-hybridized carbons (Fsp3) is 0.261. The number of aromatic nitrogens is 1. The van der Waals surface area contributed by atoms with Crippen LogP contribution in [0, 0.1) is 11.3 Å². The highest BCUT2D eigenvalue weighted by molar-refractivity contribution is 5.84. The normalized spacial score (nSPS) is 16.2. The van der Waals surface area contributed by atoms with E-state index in [9.17, 15) is 4.79 Å². The zero-order valence-corrected chi connectivity index (χ0v) is 16.0. The molecule has 4 rings (SSSR count). The van der Waals surface area contributed by atoms with Gasteiger partial charge < -0.3 is 14.4 Å². The van der Waals surface area contributed by atoms with Gasteiger partial charge in [0.2, 0.25) is 5.88 Å². The van der Waals surface area contributed by atoms with Crippen LogP contribution in [0.15, 0.2) is 60.8 Å². The Morgan fingerprint density at radius 2 is 2.03 bits per heavy atom. The van der Waals surface area contributed by atoms with Crippen molar-refractivity contribution in [1.82, 2.24) is 9.88 Å². The summed E-state index contributed by atoms with van der Waals surface area (Å²) in [6.07, 6.45) is 3.10. The van der Waals surface area contributed by atoms with Gasteiger partial charge in [0.25, 0.3) is 5.91 Å². The van der Waals surface area contributed by atoms with Crippen LogP contribution in [0.5, 0.6) is 11.6 Å². The molecule has 0 radical (unpaired) electrons. The van der Waals surface area contributed by atoms with Crippen LogP contribution in [0.4, 0.5) is 0 Å². The molecule has 6 heteroatoms. The first-order valence-corrected chi connectivity index (χ1v) is 9.63. The summed E-state index contributed by atoms with van der Waals surface area (Å²) in [6.45, 7) is 1.16. The Kier molecular flexibility index (Phi) is 5.57. The van der Waals surface area contributed by atoms with E-state index < -0.39 is 0 Å². The molecule has 1 aromatic heterocycles. The lowest BCUT2D eigenvalue weighted by atomic mass is 10.1. The van der Waals surface area contributed by atoms with Gasteiger partial charge in [0.05, 0.1) is 18.2 Å². The second-order valence-electron chi connectivity index (χ2n) is 7.01. The molecule has 0 unspecified atom stereocenters. The minimum Gasteiger partial charge on any atom is -0.484 e. The van der Waals surface area contributed by atoms with Crippen molar-refractivity contribution in [2.45, 2.75) is 18.9 Å². The van der Waals surface area contributed by atoms with Gasteiger partial charge in [-0.3, -0.25) is 4.79 Å². The molecule has 1 atom stereocenters. The van der Waals surface area contributed by atoms with Crippen molar-refractivity contribution in [3.05, 3.63) is 66.4 Å². The first-order chi connectivity index (χ1) is 14.2. The molecular formula is C23H21N3O3. The summed E-state index contributed by atoms with van der Waals surface area (Å²) < 4.78 is 11.6. The average Bonchev–Trinajstić information content (AvgIpc) is 2.77. The molecule has 2 heterocycles. The molecule has 1 amide bonds. The van der Waals surface area contributed by atoms with Crippen molar-refractivity contribution in [2.75, 3.05) is 19.7 Å². The molecule has 6 nitrogen and oxygen atoms in total. The number of rotatable bonds is 5. The average molecular weight is 387 g/mol. The standard InChI is InChI=1S/C23H21N3O3/c24-14-17-9-10-25-22(12-17)29-21-6-3-11-26(15-21)23(27)16-28-20-8-7-18-4-1-2-5-19(18)13-20/h1-2,4-5,7-10,12-13,21H,3,6,11,15-16H2/t21-/m0/s1. The molecule has 0 N–H and O–H groups in total. The van der Waals surface area contributed by atoms with Gasteiger partial charge in [0.15, 0.2) is 6.61 Å². The van der Waals surface area contributed by atoms with Gasteiger partial charge in [0, 0.05) is 18.8 Å². The number of nitriles is 1. The second kappa shape index (κ2) is 8.61. The maximum Gasteiger partial charge on any atom is 0.260 e. The molecule has 1 aliphatic heterocycles. The van der Waals surface area contributed by atoms with Crippen molar-refractivity contribution in [3.63, 3.8) is 0 Å². The van der Waals surface area contributed by atoms with Crippen LogP contribution in [-0.2, 0) is 4.79 Å². The Hall–Kier alpha value is -3.59. The SMILES string of the molecule is N#Cc1ccnc(O[C@H]2CCCN(C(=O)COc3ccc4ccccc4c3)C2)c1. The Morgan fingerprint density at radius 3 is 2.90 bits per heavy atom. The van der Waals surface area contributed by atoms with E-state index in [1.807, 2.05) is 42.5 Å². The summed E-state index contributed by atoms with van der Waals surface area (Å²) in [4.78, 5) is 18.5. The van der Waals surface area contributed by atoms with E-state index in [1.54, 1.807) is 23.2 Å². The maximum absolute atomic E-state index is 12.6. The number of ether oxygens (including phenoxy) is 2. The van der Waals surface area contributed by atoms with Crippen LogP contribution in [0.2, 0.25) is 0 Å². The molecule has 1 aliphatic rings. The van der Waals surface area contributed by atoms with Crippen LogP contribution in [-0.4, -0.2) is 41.6 Å². The van der Waals surface area contributed by atoms with Gasteiger partial charge in [0.1, 0.15) is 11.9 Å². The molecular weight excluding hydrogens is 366 g/mol. The number of hydrogen-bond donors (Lipinski definition) is 0. The number of hydrogen-bond acceptors (Lipinski definition) is 5.